The number of rotatable bonds is 9. The number of benzene rings is 1. The number of carboxylic acids is 2. The molecular weight excluding hydrogens is 579 g/mol. The second kappa shape index (κ2) is 13.2. The quantitative estimate of drug-likeness (QED) is 0.315. The van der Waals surface area contributed by atoms with E-state index in [2.05, 4.69) is 14.8 Å². The van der Waals surface area contributed by atoms with Crippen LogP contribution < -0.4 is 9.62 Å². The second-order valence-corrected chi connectivity index (χ2v) is 11.5. The van der Waals surface area contributed by atoms with Crippen LogP contribution in [0.15, 0.2) is 29.3 Å². The third kappa shape index (κ3) is 8.44. The Morgan fingerprint density at radius 3 is 2.05 bits per heavy atom. The van der Waals surface area contributed by atoms with E-state index in [1.54, 1.807) is 37.9 Å². The number of anilines is 2. The van der Waals surface area contributed by atoms with Crippen LogP contribution in [0.4, 0.5) is 24.7 Å². The summed E-state index contributed by atoms with van der Waals surface area (Å²) in [5, 5.41) is 21.4. The van der Waals surface area contributed by atoms with Crippen LogP contribution in [0.2, 0.25) is 0 Å². The maximum absolute atomic E-state index is 13.1. The van der Waals surface area contributed by atoms with Crippen LogP contribution in [0.3, 0.4) is 0 Å². The van der Waals surface area contributed by atoms with Crippen molar-refractivity contribution in [2.24, 2.45) is 7.05 Å². The lowest BCUT2D eigenvalue weighted by Gasteiger charge is -2.21. The summed E-state index contributed by atoms with van der Waals surface area (Å²) in [6.45, 7) is 9.97. The Bertz CT molecular complexity index is 1560. The number of aromatic nitrogens is 3. The summed E-state index contributed by atoms with van der Waals surface area (Å²) in [4.78, 5) is 27.1. The minimum atomic E-state index is -5.08. The largest absolute Gasteiger partial charge is 0.490 e. The smallest absolute Gasteiger partial charge is 0.478 e. The van der Waals surface area contributed by atoms with Gasteiger partial charge < -0.3 is 15.1 Å². The molecular formula is C27H34F3N5O6S. The van der Waals surface area contributed by atoms with Crippen molar-refractivity contribution < 1.29 is 41.4 Å². The average molecular weight is 614 g/mol. The van der Waals surface area contributed by atoms with Gasteiger partial charge in [-0.05, 0) is 70.2 Å². The molecule has 0 aliphatic rings. The number of nitrogens with zero attached hydrogens (tertiary/aromatic N) is 4. The predicted octanol–water partition coefficient (Wildman–Crippen LogP) is 4.56. The highest BCUT2D eigenvalue weighted by Crippen LogP contribution is 2.27. The minimum absolute atomic E-state index is 0.0706. The second-order valence-electron chi connectivity index (χ2n) is 9.83. The number of nitrogens with one attached hydrogen (secondary N) is 1. The van der Waals surface area contributed by atoms with E-state index in [-0.39, 0.29) is 22.0 Å². The fraction of sp³-hybridized carbons (Fsp3) is 0.407. The van der Waals surface area contributed by atoms with Gasteiger partial charge in [-0.3, -0.25) is 9.40 Å². The Labute approximate surface area is 242 Å². The number of aryl methyl sites for hydroxylation is 5. The molecule has 3 N–H and O–H groups in total. The standard InChI is InChI=1S/C25H33N5O4S.C2HF3O2/c1-15-11-16(2)23(17(3)12-15)35(33,34)28-20-13-22(25(31)32)24(26-14-20)29(6)10-8-9-21-18(4)27-30(7)19(21)5;3-2(4,5)1(6)7/h11-14,28H,8-10H2,1-7H3,(H,31,32);(H,6,7). The van der Waals surface area contributed by atoms with Crippen LogP contribution in [0.25, 0.3) is 0 Å². The number of aromatic carboxylic acids is 1. The van der Waals surface area contributed by atoms with Gasteiger partial charge in [0.15, 0.2) is 0 Å². The van der Waals surface area contributed by atoms with E-state index in [4.69, 9.17) is 9.90 Å². The van der Waals surface area contributed by atoms with Gasteiger partial charge in [-0.2, -0.15) is 18.3 Å². The molecule has 42 heavy (non-hydrogen) atoms. The van der Waals surface area contributed by atoms with Crippen molar-refractivity contribution in [3.05, 3.63) is 63.6 Å². The molecule has 1 aromatic carbocycles. The first-order valence-electron chi connectivity index (χ1n) is 12.6. The highest BCUT2D eigenvalue weighted by atomic mass is 32.2. The summed E-state index contributed by atoms with van der Waals surface area (Å²) < 4.78 is 62.3. The third-order valence-electron chi connectivity index (χ3n) is 6.41. The SMILES string of the molecule is Cc1cc(C)c(S(=O)(=O)Nc2cnc(N(C)CCCc3c(C)nn(C)c3C)c(C(=O)O)c2)c(C)c1.O=C(O)C(F)(F)F. The number of carboxylic acid groups (broad SMARTS) is 2. The highest BCUT2D eigenvalue weighted by molar-refractivity contribution is 7.92. The molecule has 2 aromatic heterocycles. The van der Waals surface area contributed by atoms with Gasteiger partial charge >= 0.3 is 18.1 Å². The van der Waals surface area contributed by atoms with Crippen molar-refractivity contribution in [2.45, 2.75) is 58.5 Å². The first-order valence-corrected chi connectivity index (χ1v) is 14.1. The molecule has 0 saturated heterocycles. The summed E-state index contributed by atoms with van der Waals surface area (Å²) in [6.07, 6.45) is -2.14. The Hall–Kier alpha value is -4.14. The fourth-order valence-electron chi connectivity index (χ4n) is 4.55. The van der Waals surface area contributed by atoms with E-state index in [1.165, 1.54) is 17.8 Å². The Morgan fingerprint density at radius 2 is 1.60 bits per heavy atom. The number of halogens is 3. The van der Waals surface area contributed by atoms with Crippen molar-refractivity contribution in [1.82, 2.24) is 14.8 Å². The molecule has 0 saturated carbocycles. The zero-order chi connectivity index (χ0) is 32.2. The normalized spacial score (nSPS) is 11.5. The van der Waals surface area contributed by atoms with Gasteiger partial charge in [0.1, 0.15) is 11.4 Å². The zero-order valence-corrected chi connectivity index (χ0v) is 25.1. The van der Waals surface area contributed by atoms with Gasteiger partial charge in [-0.1, -0.05) is 17.7 Å². The van der Waals surface area contributed by atoms with Crippen molar-refractivity contribution in [3.8, 4) is 0 Å². The van der Waals surface area contributed by atoms with Crippen molar-refractivity contribution >= 4 is 33.5 Å². The van der Waals surface area contributed by atoms with E-state index < -0.39 is 28.1 Å². The van der Waals surface area contributed by atoms with Crippen LogP contribution >= 0.6 is 0 Å². The molecule has 0 aliphatic carbocycles. The lowest BCUT2D eigenvalue weighted by molar-refractivity contribution is -0.192. The number of carbonyl (C=O) groups is 2. The van der Waals surface area contributed by atoms with Gasteiger partial charge in [0, 0.05) is 26.3 Å². The van der Waals surface area contributed by atoms with Gasteiger partial charge in [-0.15, -0.1) is 0 Å². The number of hydrogen-bond donors (Lipinski definition) is 3. The maximum Gasteiger partial charge on any atom is 0.490 e. The predicted molar refractivity (Wildman–Crippen MR) is 151 cm³/mol. The average Bonchev–Trinajstić information content (AvgIpc) is 3.08. The molecule has 0 atom stereocenters. The van der Waals surface area contributed by atoms with E-state index in [0.717, 1.165) is 29.8 Å². The van der Waals surface area contributed by atoms with E-state index in [0.29, 0.717) is 17.7 Å². The van der Waals surface area contributed by atoms with Crippen LogP contribution in [0, 0.1) is 34.6 Å². The van der Waals surface area contributed by atoms with Crippen LogP contribution in [-0.2, 0) is 28.3 Å². The fourth-order valence-corrected chi connectivity index (χ4v) is 6.04. The number of sulfonamides is 1. The number of alkyl halides is 3. The molecule has 0 bridgehead atoms. The number of hydrogen-bond acceptors (Lipinski definition) is 7. The summed E-state index contributed by atoms with van der Waals surface area (Å²) in [6, 6.07) is 4.91. The molecule has 0 spiro atoms. The highest BCUT2D eigenvalue weighted by Gasteiger charge is 2.38. The van der Waals surface area contributed by atoms with Crippen LogP contribution in [0.1, 0.15) is 50.4 Å². The summed E-state index contributed by atoms with van der Waals surface area (Å²) in [7, 11) is -0.229. The third-order valence-corrected chi connectivity index (χ3v) is 8.09. The molecule has 0 fully saturated rings. The molecule has 0 amide bonds. The Kier molecular flexibility index (Phi) is 10.7. The van der Waals surface area contributed by atoms with Crippen LogP contribution in [0.5, 0.6) is 0 Å². The molecule has 3 rings (SSSR count). The molecule has 15 heteroatoms. The van der Waals surface area contributed by atoms with Gasteiger partial charge in [0.25, 0.3) is 10.0 Å². The molecule has 230 valence electrons. The monoisotopic (exact) mass is 613 g/mol. The van der Waals surface area contributed by atoms with Gasteiger partial charge in [0.2, 0.25) is 0 Å². The summed E-state index contributed by atoms with van der Waals surface area (Å²) in [5.74, 6) is -3.66. The zero-order valence-electron chi connectivity index (χ0n) is 24.3. The van der Waals surface area contributed by atoms with Crippen LogP contribution in [-0.4, -0.2) is 65.1 Å². The molecule has 2 heterocycles. The van der Waals surface area contributed by atoms with Gasteiger partial charge in [-0.25, -0.2) is 23.0 Å². The minimum Gasteiger partial charge on any atom is -0.478 e. The topological polar surface area (TPSA) is 155 Å². The first kappa shape index (κ1) is 34.1. The number of aliphatic carboxylic acids is 1. The van der Waals surface area contributed by atoms with Crippen molar-refractivity contribution in [2.75, 3.05) is 23.2 Å². The van der Waals surface area contributed by atoms with Gasteiger partial charge in [0.05, 0.1) is 22.5 Å². The summed E-state index contributed by atoms with van der Waals surface area (Å²) in [5.41, 5.74) is 5.54. The summed E-state index contributed by atoms with van der Waals surface area (Å²) >= 11 is 0. The number of pyridine rings is 1. The maximum atomic E-state index is 13.1. The molecule has 11 nitrogen and oxygen atoms in total. The lowest BCUT2D eigenvalue weighted by atomic mass is 10.1. The van der Waals surface area contributed by atoms with E-state index in [1.807, 2.05) is 32.5 Å². The van der Waals surface area contributed by atoms with E-state index >= 15 is 0 Å². The molecule has 0 aliphatic heterocycles. The first-order chi connectivity index (χ1) is 19.3. The van der Waals surface area contributed by atoms with Crippen molar-refractivity contribution in [3.63, 3.8) is 0 Å². The molecule has 0 unspecified atom stereocenters. The lowest BCUT2D eigenvalue weighted by Crippen LogP contribution is -2.23. The van der Waals surface area contributed by atoms with E-state index in [9.17, 15) is 31.5 Å². The Morgan fingerprint density at radius 1 is 1.05 bits per heavy atom. The Balaban J connectivity index is 0.000000782. The molecule has 3 aromatic rings. The van der Waals surface area contributed by atoms with Crippen molar-refractivity contribution in [1.29, 1.82) is 0 Å². The molecule has 0 radical (unpaired) electrons.